The normalized spacial score (nSPS) is 40.7. The molecule has 0 aromatic rings. The summed E-state index contributed by atoms with van der Waals surface area (Å²) in [7, 11) is 0. The molecular weight excluding hydrogens is 192 g/mol. The van der Waals surface area contributed by atoms with Gasteiger partial charge in [0.25, 0.3) is 0 Å². The smallest absolute Gasteiger partial charge is 0.227 e. The van der Waals surface area contributed by atoms with Crippen LogP contribution < -0.4 is 11.1 Å². The first-order chi connectivity index (χ1) is 7.18. The quantitative estimate of drug-likeness (QED) is 0.690. The molecule has 4 heteroatoms. The van der Waals surface area contributed by atoms with Crippen molar-refractivity contribution in [1.29, 1.82) is 0 Å². The number of rotatable bonds is 2. The fourth-order valence-corrected chi connectivity index (χ4v) is 2.49. The van der Waals surface area contributed by atoms with Gasteiger partial charge in [-0.1, -0.05) is 13.3 Å². The Morgan fingerprint density at radius 2 is 2.20 bits per heavy atom. The van der Waals surface area contributed by atoms with E-state index in [0.717, 1.165) is 6.42 Å². The topological polar surface area (TPSA) is 64.3 Å². The SMILES string of the molecule is CC1CCCC1NC(=O)C1COCC1N. The Morgan fingerprint density at radius 1 is 1.40 bits per heavy atom. The maximum atomic E-state index is 11.9. The Bertz CT molecular complexity index is 245. The summed E-state index contributed by atoms with van der Waals surface area (Å²) < 4.78 is 5.20. The molecular formula is C11H20N2O2. The monoisotopic (exact) mass is 212 g/mol. The lowest BCUT2D eigenvalue weighted by atomic mass is 10.0. The van der Waals surface area contributed by atoms with Gasteiger partial charge in [0.15, 0.2) is 0 Å². The van der Waals surface area contributed by atoms with Gasteiger partial charge in [0.2, 0.25) is 5.91 Å². The van der Waals surface area contributed by atoms with E-state index >= 15 is 0 Å². The van der Waals surface area contributed by atoms with Crippen molar-refractivity contribution >= 4 is 5.91 Å². The van der Waals surface area contributed by atoms with Gasteiger partial charge in [-0.2, -0.15) is 0 Å². The summed E-state index contributed by atoms with van der Waals surface area (Å²) in [6.07, 6.45) is 3.55. The molecule has 4 nitrogen and oxygen atoms in total. The van der Waals surface area contributed by atoms with Crippen molar-refractivity contribution in [2.24, 2.45) is 17.6 Å². The second-order valence-electron chi connectivity index (χ2n) is 4.83. The van der Waals surface area contributed by atoms with E-state index in [1.54, 1.807) is 0 Å². The molecule has 1 amide bonds. The van der Waals surface area contributed by atoms with Crippen LogP contribution >= 0.6 is 0 Å². The third-order valence-corrected chi connectivity index (χ3v) is 3.65. The summed E-state index contributed by atoms with van der Waals surface area (Å²) in [5.41, 5.74) is 5.80. The second-order valence-corrected chi connectivity index (χ2v) is 4.83. The van der Waals surface area contributed by atoms with E-state index in [9.17, 15) is 4.79 Å². The fraction of sp³-hybridized carbons (Fsp3) is 0.909. The predicted molar refractivity (Wildman–Crippen MR) is 57.2 cm³/mol. The first-order valence-electron chi connectivity index (χ1n) is 5.82. The van der Waals surface area contributed by atoms with E-state index in [2.05, 4.69) is 12.2 Å². The standard InChI is InChI=1S/C11H20N2O2/c1-7-3-2-4-10(7)13-11(14)8-5-15-6-9(8)12/h7-10H,2-6,12H2,1H3,(H,13,14). The Morgan fingerprint density at radius 3 is 2.73 bits per heavy atom. The van der Waals surface area contributed by atoms with Crippen LogP contribution in [0.1, 0.15) is 26.2 Å². The molecule has 0 radical (unpaired) electrons. The molecule has 2 rings (SSSR count). The van der Waals surface area contributed by atoms with Crippen molar-refractivity contribution in [2.75, 3.05) is 13.2 Å². The van der Waals surface area contributed by atoms with Crippen LogP contribution in [-0.4, -0.2) is 31.2 Å². The summed E-state index contributed by atoms with van der Waals surface area (Å²) in [4.78, 5) is 11.9. The van der Waals surface area contributed by atoms with Gasteiger partial charge in [0.1, 0.15) is 0 Å². The lowest BCUT2D eigenvalue weighted by Crippen LogP contribution is -2.45. The van der Waals surface area contributed by atoms with Gasteiger partial charge in [-0.05, 0) is 18.8 Å². The zero-order chi connectivity index (χ0) is 10.8. The summed E-state index contributed by atoms with van der Waals surface area (Å²) in [6.45, 7) is 3.19. The third-order valence-electron chi connectivity index (χ3n) is 3.65. The fourth-order valence-electron chi connectivity index (χ4n) is 2.49. The van der Waals surface area contributed by atoms with Crippen LogP contribution in [0, 0.1) is 11.8 Å². The number of amides is 1. The molecule has 0 spiro atoms. The van der Waals surface area contributed by atoms with Crippen molar-refractivity contribution in [2.45, 2.75) is 38.3 Å². The van der Waals surface area contributed by atoms with Gasteiger partial charge in [-0.3, -0.25) is 4.79 Å². The maximum absolute atomic E-state index is 11.9. The molecule has 2 aliphatic rings. The predicted octanol–water partition coefficient (Wildman–Crippen LogP) is 0.265. The van der Waals surface area contributed by atoms with Crippen LogP contribution in [0.25, 0.3) is 0 Å². The molecule has 1 saturated heterocycles. The number of carbonyl (C=O) groups excluding carboxylic acids is 1. The van der Waals surface area contributed by atoms with Crippen molar-refractivity contribution in [3.63, 3.8) is 0 Å². The van der Waals surface area contributed by atoms with Crippen LogP contribution in [0.3, 0.4) is 0 Å². The van der Waals surface area contributed by atoms with Crippen LogP contribution in [-0.2, 0) is 9.53 Å². The average Bonchev–Trinajstić information content (AvgIpc) is 2.76. The minimum absolute atomic E-state index is 0.0822. The molecule has 3 N–H and O–H groups in total. The minimum Gasteiger partial charge on any atom is -0.379 e. The Hall–Kier alpha value is -0.610. The van der Waals surface area contributed by atoms with Crippen LogP contribution in [0.15, 0.2) is 0 Å². The highest BCUT2D eigenvalue weighted by molar-refractivity contribution is 5.80. The Balaban J connectivity index is 1.86. The zero-order valence-corrected chi connectivity index (χ0v) is 9.24. The highest BCUT2D eigenvalue weighted by Gasteiger charge is 2.34. The Labute approximate surface area is 90.5 Å². The highest BCUT2D eigenvalue weighted by Crippen LogP contribution is 2.25. The van der Waals surface area contributed by atoms with Gasteiger partial charge in [-0.15, -0.1) is 0 Å². The summed E-state index contributed by atoms with van der Waals surface area (Å²) in [5.74, 6) is 0.545. The molecule has 0 aromatic carbocycles. The molecule has 15 heavy (non-hydrogen) atoms. The molecule has 86 valence electrons. The van der Waals surface area contributed by atoms with Gasteiger partial charge >= 0.3 is 0 Å². The molecule has 0 bridgehead atoms. The summed E-state index contributed by atoms with van der Waals surface area (Å²) in [6, 6.07) is 0.229. The summed E-state index contributed by atoms with van der Waals surface area (Å²) >= 11 is 0. The number of hydrogen-bond acceptors (Lipinski definition) is 3. The van der Waals surface area contributed by atoms with E-state index in [0.29, 0.717) is 25.2 Å². The van der Waals surface area contributed by atoms with E-state index < -0.39 is 0 Å². The second kappa shape index (κ2) is 4.49. The first-order valence-corrected chi connectivity index (χ1v) is 5.82. The maximum Gasteiger partial charge on any atom is 0.227 e. The van der Waals surface area contributed by atoms with E-state index in [1.807, 2.05) is 0 Å². The molecule has 1 aliphatic carbocycles. The van der Waals surface area contributed by atoms with Crippen molar-refractivity contribution in [3.8, 4) is 0 Å². The molecule has 0 aromatic heterocycles. The van der Waals surface area contributed by atoms with Gasteiger partial charge in [0, 0.05) is 12.1 Å². The van der Waals surface area contributed by atoms with Crippen molar-refractivity contribution in [1.82, 2.24) is 5.32 Å². The molecule has 2 fully saturated rings. The molecule has 4 atom stereocenters. The number of ether oxygens (including phenoxy) is 1. The average molecular weight is 212 g/mol. The van der Waals surface area contributed by atoms with E-state index in [1.165, 1.54) is 12.8 Å². The van der Waals surface area contributed by atoms with Gasteiger partial charge in [-0.25, -0.2) is 0 Å². The lowest BCUT2D eigenvalue weighted by molar-refractivity contribution is -0.126. The largest absolute Gasteiger partial charge is 0.379 e. The van der Waals surface area contributed by atoms with E-state index in [-0.39, 0.29) is 17.9 Å². The third kappa shape index (κ3) is 2.32. The number of carbonyl (C=O) groups is 1. The van der Waals surface area contributed by atoms with Crippen molar-refractivity contribution in [3.05, 3.63) is 0 Å². The molecule has 1 aliphatic heterocycles. The van der Waals surface area contributed by atoms with Crippen LogP contribution in [0.4, 0.5) is 0 Å². The number of hydrogen-bond donors (Lipinski definition) is 2. The molecule has 1 heterocycles. The molecule has 1 saturated carbocycles. The first kappa shape index (κ1) is 10.9. The minimum atomic E-state index is -0.141. The highest BCUT2D eigenvalue weighted by atomic mass is 16.5. The zero-order valence-electron chi connectivity index (χ0n) is 9.24. The summed E-state index contributed by atoms with van der Waals surface area (Å²) in [5, 5.41) is 3.10. The Kier molecular flexibility index (Phi) is 3.26. The van der Waals surface area contributed by atoms with Gasteiger partial charge in [0.05, 0.1) is 19.1 Å². The van der Waals surface area contributed by atoms with Crippen molar-refractivity contribution < 1.29 is 9.53 Å². The molecule has 4 unspecified atom stereocenters. The number of nitrogens with one attached hydrogen (secondary N) is 1. The van der Waals surface area contributed by atoms with Crippen LogP contribution in [0.2, 0.25) is 0 Å². The van der Waals surface area contributed by atoms with Crippen LogP contribution in [0.5, 0.6) is 0 Å². The lowest BCUT2D eigenvalue weighted by Gasteiger charge is -2.20. The van der Waals surface area contributed by atoms with Gasteiger partial charge < -0.3 is 15.8 Å². The number of nitrogens with two attached hydrogens (primary N) is 1. The van der Waals surface area contributed by atoms with E-state index in [4.69, 9.17) is 10.5 Å².